The van der Waals surface area contributed by atoms with Crippen molar-refractivity contribution in [2.24, 2.45) is 4.99 Å². The van der Waals surface area contributed by atoms with Crippen LogP contribution < -0.4 is 9.64 Å². The van der Waals surface area contributed by atoms with Crippen molar-refractivity contribution in [3.63, 3.8) is 0 Å². The number of likely N-dealkylation sites (N-methyl/N-ethyl adjacent to an activating group) is 1. The molecule has 0 N–H and O–H groups in total. The molecule has 3 aromatic rings. The second kappa shape index (κ2) is 4.57. The molecule has 2 aliphatic heterocycles. The second-order valence-electron chi connectivity index (χ2n) is 7.10. The van der Waals surface area contributed by atoms with Crippen LogP contribution in [0.5, 0.6) is 5.75 Å². The minimum atomic E-state index is -0.702. The van der Waals surface area contributed by atoms with E-state index in [1.54, 1.807) is 6.20 Å². The van der Waals surface area contributed by atoms with Gasteiger partial charge in [-0.2, -0.15) is 0 Å². The van der Waals surface area contributed by atoms with Gasteiger partial charge in [-0.1, -0.05) is 6.07 Å². The first-order chi connectivity index (χ1) is 12.0. The lowest BCUT2D eigenvalue weighted by Crippen LogP contribution is -2.61. The summed E-state index contributed by atoms with van der Waals surface area (Å²) in [6.07, 6.45) is 5.53. The molecule has 0 radical (unpaired) electrons. The molecular formula is C20H18N4O. The van der Waals surface area contributed by atoms with Crippen LogP contribution in [0.15, 0.2) is 53.8 Å². The molecule has 1 unspecified atom stereocenters. The predicted molar refractivity (Wildman–Crippen MR) is 98.9 cm³/mol. The fraction of sp³-hybridized carbons (Fsp3) is 0.250. The minimum absolute atomic E-state index is 0.295. The van der Waals surface area contributed by atoms with Gasteiger partial charge in [0.1, 0.15) is 17.3 Å². The Morgan fingerprint density at radius 3 is 2.64 bits per heavy atom. The van der Waals surface area contributed by atoms with Gasteiger partial charge in [0.25, 0.3) is 0 Å². The molecule has 2 aliphatic rings. The highest BCUT2D eigenvalue weighted by molar-refractivity contribution is 5.98. The maximum Gasteiger partial charge on any atom is 0.229 e. The summed E-state index contributed by atoms with van der Waals surface area (Å²) in [6, 6.07) is 12.0. The standard InChI is InChI=1S/C20H18N4O/c1-19(2)14-7-5-11-22-18(14)24(3)20(19)12-23-17-13-6-4-10-21-15(13)8-9-16(17)25-20/h4-12H,1-3H3. The third-order valence-electron chi connectivity index (χ3n) is 5.53. The lowest BCUT2D eigenvalue weighted by Gasteiger charge is -2.44. The van der Waals surface area contributed by atoms with Crippen LogP contribution in [0.2, 0.25) is 0 Å². The van der Waals surface area contributed by atoms with E-state index in [0.29, 0.717) is 0 Å². The number of aliphatic imine (C=N–C) groups is 1. The maximum atomic E-state index is 6.61. The first kappa shape index (κ1) is 14.4. The normalized spacial score (nSPS) is 22.8. The molecule has 1 spiro atoms. The van der Waals surface area contributed by atoms with E-state index in [4.69, 9.17) is 9.73 Å². The van der Waals surface area contributed by atoms with Crippen LogP contribution in [0, 0.1) is 0 Å². The summed E-state index contributed by atoms with van der Waals surface area (Å²) in [4.78, 5) is 15.9. The molecule has 4 heterocycles. The Kier molecular flexibility index (Phi) is 2.63. The second-order valence-corrected chi connectivity index (χ2v) is 7.10. The lowest BCUT2D eigenvalue weighted by molar-refractivity contribution is 0.0824. The Morgan fingerprint density at radius 1 is 1.00 bits per heavy atom. The van der Waals surface area contributed by atoms with E-state index in [9.17, 15) is 0 Å². The van der Waals surface area contributed by atoms with Gasteiger partial charge in [-0.05, 0) is 44.2 Å². The van der Waals surface area contributed by atoms with Gasteiger partial charge in [0.05, 0.1) is 17.1 Å². The number of anilines is 1. The van der Waals surface area contributed by atoms with E-state index in [0.717, 1.165) is 33.7 Å². The number of benzene rings is 1. The molecule has 5 nitrogen and oxygen atoms in total. The first-order valence-corrected chi connectivity index (χ1v) is 8.36. The molecule has 0 aliphatic carbocycles. The monoisotopic (exact) mass is 330 g/mol. The summed E-state index contributed by atoms with van der Waals surface area (Å²) in [6.45, 7) is 4.35. The summed E-state index contributed by atoms with van der Waals surface area (Å²) in [5, 5.41) is 1.00. The van der Waals surface area contributed by atoms with Crippen molar-refractivity contribution in [3.8, 4) is 5.75 Å². The predicted octanol–water partition coefficient (Wildman–Crippen LogP) is 3.85. The molecule has 5 rings (SSSR count). The average Bonchev–Trinajstić information content (AvgIpc) is 2.81. The zero-order valence-electron chi connectivity index (χ0n) is 14.4. The Balaban J connectivity index is 1.72. The number of nitrogens with zero attached hydrogens (tertiary/aromatic N) is 4. The van der Waals surface area contributed by atoms with Gasteiger partial charge in [0.15, 0.2) is 0 Å². The molecule has 25 heavy (non-hydrogen) atoms. The van der Waals surface area contributed by atoms with Crippen LogP contribution in [-0.4, -0.2) is 29.0 Å². The summed E-state index contributed by atoms with van der Waals surface area (Å²) in [5.41, 5.74) is 1.92. The van der Waals surface area contributed by atoms with Gasteiger partial charge in [-0.3, -0.25) is 9.98 Å². The highest BCUT2D eigenvalue weighted by Gasteiger charge is 2.59. The van der Waals surface area contributed by atoms with E-state index in [2.05, 4.69) is 34.8 Å². The molecule has 2 aromatic heterocycles. The SMILES string of the molecule is CN1c2ncccc2C(C)(C)C12C=Nc1c(ccc3ncccc13)O2. The molecule has 124 valence electrons. The molecule has 5 heteroatoms. The van der Waals surface area contributed by atoms with Gasteiger partial charge in [0, 0.05) is 30.4 Å². The Morgan fingerprint density at radius 2 is 1.80 bits per heavy atom. The minimum Gasteiger partial charge on any atom is -0.459 e. The fourth-order valence-electron chi connectivity index (χ4n) is 4.04. The molecule has 0 saturated carbocycles. The Bertz CT molecular complexity index is 1040. The van der Waals surface area contributed by atoms with Crippen LogP contribution in [-0.2, 0) is 5.41 Å². The van der Waals surface area contributed by atoms with Crippen molar-refractivity contribution in [3.05, 3.63) is 54.4 Å². The van der Waals surface area contributed by atoms with Crippen molar-refractivity contribution >= 4 is 28.6 Å². The Hall–Kier alpha value is -2.95. The molecule has 0 bridgehead atoms. The zero-order valence-corrected chi connectivity index (χ0v) is 14.4. The van der Waals surface area contributed by atoms with Gasteiger partial charge >= 0.3 is 0 Å². The number of ether oxygens (including phenoxy) is 1. The molecule has 0 saturated heterocycles. The molecule has 0 amide bonds. The quantitative estimate of drug-likeness (QED) is 0.628. The molecule has 1 aromatic carbocycles. The van der Waals surface area contributed by atoms with Crippen molar-refractivity contribution in [2.45, 2.75) is 25.0 Å². The average molecular weight is 330 g/mol. The van der Waals surface area contributed by atoms with Crippen LogP contribution in [0.25, 0.3) is 10.9 Å². The van der Waals surface area contributed by atoms with Crippen LogP contribution in [0.4, 0.5) is 11.5 Å². The number of hydrogen-bond acceptors (Lipinski definition) is 5. The largest absolute Gasteiger partial charge is 0.459 e. The van der Waals surface area contributed by atoms with Crippen LogP contribution >= 0.6 is 0 Å². The van der Waals surface area contributed by atoms with Crippen molar-refractivity contribution < 1.29 is 4.74 Å². The highest BCUT2D eigenvalue weighted by atomic mass is 16.5. The number of aromatic nitrogens is 2. The van der Waals surface area contributed by atoms with E-state index in [1.165, 1.54) is 0 Å². The molecule has 1 atom stereocenters. The van der Waals surface area contributed by atoms with Crippen molar-refractivity contribution in [1.29, 1.82) is 0 Å². The summed E-state index contributed by atoms with van der Waals surface area (Å²) < 4.78 is 6.61. The Labute approximate surface area is 146 Å². The van der Waals surface area contributed by atoms with E-state index < -0.39 is 5.72 Å². The molecule has 0 fully saturated rings. The van der Waals surface area contributed by atoms with Gasteiger partial charge < -0.3 is 9.64 Å². The van der Waals surface area contributed by atoms with Crippen LogP contribution in [0.3, 0.4) is 0 Å². The van der Waals surface area contributed by atoms with Gasteiger partial charge in [0.2, 0.25) is 5.72 Å². The highest BCUT2D eigenvalue weighted by Crippen LogP contribution is 2.53. The van der Waals surface area contributed by atoms with Crippen LogP contribution in [0.1, 0.15) is 19.4 Å². The number of rotatable bonds is 0. The first-order valence-electron chi connectivity index (χ1n) is 8.36. The maximum absolute atomic E-state index is 6.61. The summed E-state index contributed by atoms with van der Waals surface area (Å²) >= 11 is 0. The third-order valence-corrected chi connectivity index (χ3v) is 5.53. The van der Waals surface area contributed by atoms with Gasteiger partial charge in [-0.25, -0.2) is 4.98 Å². The zero-order chi connectivity index (χ0) is 17.2. The summed E-state index contributed by atoms with van der Waals surface area (Å²) in [7, 11) is 2.01. The van der Waals surface area contributed by atoms with Gasteiger partial charge in [-0.15, -0.1) is 0 Å². The van der Waals surface area contributed by atoms with Crippen molar-refractivity contribution in [1.82, 2.24) is 9.97 Å². The number of fused-ring (bicyclic) bond motifs is 4. The number of pyridine rings is 2. The fourth-order valence-corrected chi connectivity index (χ4v) is 4.04. The van der Waals surface area contributed by atoms with E-state index in [1.807, 2.05) is 49.8 Å². The van der Waals surface area contributed by atoms with E-state index in [-0.39, 0.29) is 5.41 Å². The topological polar surface area (TPSA) is 50.6 Å². The molecular weight excluding hydrogens is 312 g/mol. The lowest BCUT2D eigenvalue weighted by atomic mass is 9.78. The number of hydrogen-bond donors (Lipinski definition) is 0. The smallest absolute Gasteiger partial charge is 0.229 e. The third kappa shape index (κ3) is 1.65. The van der Waals surface area contributed by atoms with E-state index >= 15 is 0 Å². The van der Waals surface area contributed by atoms with Crippen molar-refractivity contribution in [2.75, 3.05) is 11.9 Å². The summed E-state index contributed by atoms with van der Waals surface area (Å²) in [5.74, 6) is 1.71.